The van der Waals surface area contributed by atoms with Gasteiger partial charge in [0.25, 0.3) is 0 Å². The molecule has 21 heavy (non-hydrogen) atoms. The Bertz CT molecular complexity index is 505. The lowest BCUT2D eigenvalue weighted by atomic mass is 10.1. The predicted molar refractivity (Wildman–Crippen MR) is 83.3 cm³/mol. The third-order valence-electron chi connectivity index (χ3n) is 3.49. The first-order valence-corrected chi connectivity index (χ1v) is 7.81. The fraction of sp³-hybridized carbons (Fsp3) is 0.562. The lowest BCUT2D eigenvalue weighted by molar-refractivity contribution is -0.129. The second-order valence-electron chi connectivity index (χ2n) is 5.30. The van der Waals surface area contributed by atoms with Crippen molar-refractivity contribution in [1.82, 2.24) is 4.90 Å². The van der Waals surface area contributed by atoms with Gasteiger partial charge in [-0.1, -0.05) is 24.9 Å². The van der Waals surface area contributed by atoms with Gasteiger partial charge in [-0.25, -0.2) is 0 Å². The number of ether oxygens (including phenoxy) is 2. The number of carbonyl (C=O) groups excluding carboxylic acids is 1. The molecule has 5 heteroatoms. The van der Waals surface area contributed by atoms with Crippen LogP contribution in [0.5, 0.6) is 11.5 Å². The van der Waals surface area contributed by atoms with Gasteiger partial charge in [0.1, 0.15) is 0 Å². The zero-order valence-corrected chi connectivity index (χ0v) is 13.4. The highest BCUT2D eigenvalue weighted by molar-refractivity contribution is 6.32. The Morgan fingerprint density at radius 1 is 1.33 bits per heavy atom. The number of fused-ring (bicyclic) bond motifs is 1. The summed E-state index contributed by atoms with van der Waals surface area (Å²) >= 11 is 6.24. The molecule has 2 rings (SSSR count). The van der Waals surface area contributed by atoms with Crippen LogP contribution in [0.1, 0.15) is 31.7 Å². The van der Waals surface area contributed by atoms with Crippen LogP contribution in [0.25, 0.3) is 0 Å². The number of benzene rings is 1. The van der Waals surface area contributed by atoms with E-state index in [0.29, 0.717) is 36.2 Å². The summed E-state index contributed by atoms with van der Waals surface area (Å²) in [5.41, 5.74) is 0.859. The molecule has 4 nitrogen and oxygen atoms in total. The summed E-state index contributed by atoms with van der Waals surface area (Å²) in [5, 5.41) is 0.508. The van der Waals surface area contributed by atoms with Gasteiger partial charge >= 0.3 is 0 Å². The van der Waals surface area contributed by atoms with E-state index in [0.717, 1.165) is 31.4 Å². The molecule has 0 bridgehead atoms. The minimum atomic E-state index is 0.0917. The number of hydrogen-bond acceptors (Lipinski definition) is 3. The minimum absolute atomic E-state index is 0.0917. The van der Waals surface area contributed by atoms with E-state index < -0.39 is 0 Å². The molecule has 0 atom stereocenters. The predicted octanol–water partition coefficient (Wildman–Crippen LogP) is 3.30. The van der Waals surface area contributed by atoms with E-state index in [2.05, 4.69) is 6.92 Å². The first-order valence-electron chi connectivity index (χ1n) is 7.43. The lowest BCUT2D eigenvalue weighted by Crippen LogP contribution is -2.29. The van der Waals surface area contributed by atoms with Crippen LogP contribution < -0.4 is 9.47 Å². The highest BCUT2D eigenvalue weighted by atomic mass is 35.5. The molecule has 1 heterocycles. The van der Waals surface area contributed by atoms with E-state index in [1.807, 2.05) is 13.1 Å². The van der Waals surface area contributed by atoms with Crippen LogP contribution in [-0.4, -0.2) is 37.6 Å². The Hall–Kier alpha value is -1.42. The minimum Gasteiger partial charge on any atom is -0.489 e. The van der Waals surface area contributed by atoms with Crippen LogP contribution in [0, 0.1) is 0 Å². The highest BCUT2D eigenvalue weighted by Crippen LogP contribution is 2.38. The smallest absolute Gasteiger partial charge is 0.226 e. The maximum Gasteiger partial charge on any atom is 0.226 e. The third-order valence-corrected chi connectivity index (χ3v) is 3.77. The Morgan fingerprint density at radius 2 is 2.10 bits per heavy atom. The Balaban J connectivity index is 2.08. The summed E-state index contributed by atoms with van der Waals surface area (Å²) < 4.78 is 11.2. The van der Waals surface area contributed by atoms with Crippen molar-refractivity contribution in [2.75, 3.05) is 26.8 Å². The van der Waals surface area contributed by atoms with Crippen LogP contribution in [-0.2, 0) is 11.2 Å². The monoisotopic (exact) mass is 311 g/mol. The van der Waals surface area contributed by atoms with Crippen molar-refractivity contribution in [1.29, 1.82) is 0 Å². The highest BCUT2D eigenvalue weighted by Gasteiger charge is 2.17. The van der Waals surface area contributed by atoms with Gasteiger partial charge in [-0.2, -0.15) is 0 Å². The molecular weight excluding hydrogens is 290 g/mol. The molecule has 0 spiro atoms. The first-order chi connectivity index (χ1) is 10.1. The Labute approximate surface area is 131 Å². The van der Waals surface area contributed by atoms with E-state index in [1.165, 1.54) is 0 Å². The van der Waals surface area contributed by atoms with Gasteiger partial charge in [0.2, 0.25) is 5.91 Å². The number of amides is 1. The normalized spacial score (nSPS) is 13.7. The summed E-state index contributed by atoms with van der Waals surface area (Å²) in [5.74, 6) is 1.32. The number of carbonyl (C=O) groups is 1. The number of likely N-dealkylation sites (N-methyl/N-ethyl adjacent to an activating group) is 1. The van der Waals surface area contributed by atoms with Gasteiger partial charge in [-0.3, -0.25) is 4.79 Å². The number of halogens is 1. The number of rotatable bonds is 5. The summed E-state index contributed by atoms with van der Waals surface area (Å²) in [6, 6.07) is 3.65. The van der Waals surface area contributed by atoms with Crippen LogP contribution in [0.4, 0.5) is 0 Å². The third kappa shape index (κ3) is 4.27. The van der Waals surface area contributed by atoms with Crippen molar-refractivity contribution < 1.29 is 14.3 Å². The molecule has 0 aliphatic carbocycles. The fourth-order valence-electron chi connectivity index (χ4n) is 2.22. The average Bonchev–Trinajstić information content (AvgIpc) is 2.70. The van der Waals surface area contributed by atoms with Gasteiger partial charge in [0.05, 0.1) is 24.7 Å². The van der Waals surface area contributed by atoms with Crippen molar-refractivity contribution in [3.8, 4) is 11.5 Å². The lowest BCUT2D eigenvalue weighted by Gasteiger charge is -2.17. The number of nitrogens with zero attached hydrogens (tertiary/aromatic N) is 1. The quantitative estimate of drug-likeness (QED) is 0.837. The molecule has 1 amide bonds. The second-order valence-corrected chi connectivity index (χ2v) is 5.71. The van der Waals surface area contributed by atoms with Gasteiger partial charge < -0.3 is 14.4 Å². The van der Waals surface area contributed by atoms with E-state index in [-0.39, 0.29) is 5.91 Å². The van der Waals surface area contributed by atoms with Crippen LogP contribution in [0.2, 0.25) is 5.02 Å². The number of unbranched alkanes of at least 4 members (excludes halogenated alkanes) is 1. The molecule has 0 saturated carbocycles. The molecule has 116 valence electrons. The molecule has 1 aliphatic heterocycles. The zero-order valence-electron chi connectivity index (χ0n) is 12.7. The molecule has 1 aliphatic rings. The first kappa shape index (κ1) is 16.0. The molecule has 0 unspecified atom stereocenters. The van der Waals surface area contributed by atoms with Crippen LogP contribution in [0.15, 0.2) is 12.1 Å². The van der Waals surface area contributed by atoms with Crippen molar-refractivity contribution >= 4 is 17.5 Å². The van der Waals surface area contributed by atoms with Gasteiger partial charge in [-0.05, 0) is 24.1 Å². The van der Waals surface area contributed by atoms with Gasteiger partial charge in [0.15, 0.2) is 11.5 Å². The molecule has 0 fully saturated rings. The van der Waals surface area contributed by atoms with Crippen molar-refractivity contribution in [2.45, 2.75) is 32.6 Å². The van der Waals surface area contributed by atoms with Gasteiger partial charge in [0, 0.05) is 20.0 Å². The maximum atomic E-state index is 12.2. The zero-order chi connectivity index (χ0) is 15.2. The largest absolute Gasteiger partial charge is 0.489 e. The topological polar surface area (TPSA) is 38.8 Å². The summed E-state index contributed by atoms with van der Waals surface area (Å²) in [4.78, 5) is 13.9. The van der Waals surface area contributed by atoms with Crippen LogP contribution in [0.3, 0.4) is 0 Å². The van der Waals surface area contributed by atoms with E-state index >= 15 is 0 Å². The average molecular weight is 312 g/mol. The van der Waals surface area contributed by atoms with Crippen molar-refractivity contribution in [2.24, 2.45) is 0 Å². The molecule has 0 N–H and O–H groups in total. The van der Waals surface area contributed by atoms with E-state index in [4.69, 9.17) is 21.1 Å². The summed E-state index contributed by atoms with van der Waals surface area (Å²) in [6.07, 6.45) is 3.26. The standard InChI is InChI=1S/C16H22ClNO3/c1-3-4-6-18(2)15(19)11-12-9-13(17)16-14(10-12)20-7-5-8-21-16/h9-10H,3-8,11H2,1-2H3. The molecule has 0 radical (unpaired) electrons. The molecule has 0 aromatic heterocycles. The Morgan fingerprint density at radius 3 is 2.86 bits per heavy atom. The molecular formula is C16H22ClNO3. The molecule has 1 aromatic rings. The summed E-state index contributed by atoms with van der Waals surface area (Å²) in [7, 11) is 1.84. The van der Waals surface area contributed by atoms with Crippen molar-refractivity contribution in [3.63, 3.8) is 0 Å². The van der Waals surface area contributed by atoms with Crippen molar-refractivity contribution in [3.05, 3.63) is 22.7 Å². The maximum absolute atomic E-state index is 12.2. The van der Waals surface area contributed by atoms with E-state index in [9.17, 15) is 4.79 Å². The fourth-order valence-corrected chi connectivity index (χ4v) is 2.50. The Kier molecular flexibility index (Phi) is 5.74. The number of hydrogen-bond donors (Lipinski definition) is 0. The SMILES string of the molecule is CCCCN(C)C(=O)Cc1cc(Cl)c2c(c1)OCCCO2. The molecule has 0 saturated heterocycles. The molecule has 1 aromatic carbocycles. The second kappa shape index (κ2) is 7.55. The summed E-state index contributed by atoms with van der Waals surface area (Å²) in [6.45, 7) is 4.11. The van der Waals surface area contributed by atoms with Gasteiger partial charge in [-0.15, -0.1) is 0 Å². The van der Waals surface area contributed by atoms with E-state index in [1.54, 1.807) is 11.0 Å². The van der Waals surface area contributed by atoms with Crippen LogP contribution >= 0.6 is 11.6 Å².